The topological polar surface area (TPSA) is 37.6 Å². The van der Waals surface area contributed by atoms with Gasteiger partial charge in [0.2, 0.25) is 0 Å². The third kappa shape index (κ3) is 3.22. The Balaban J connectivity index is 1.89. The van der Waals surface area contributed by atoms with Crippen LogP contribution in [0, 0.1) is 13.8 Å². The van der Waals surface area contributed by atoms with E-state index >= 15 is 0 Å². The molecule has 0 N–H and O–H groups in total. The minimum absolute atomic E-state index is 0.129. The number of rotatable bonds is 3. The van der Waals surface area contributed by atoms with Gasteiger partial charge in [-0.1, -0.05) is 23.2 Å². The summed E-state index contributed by atoms with van der Waals surface area (Å²) in [5.41, 5.74) is 2.42. The monoisotopic (exact) mass is 367 g/mol. The first-order valence-corrected chi connectivity index (χ1v) is 8.58. The molecule has 3 rings (SSSR count). The van der Waals surface area contributed by atoms with Crippen molar-refractivity contribution in [3.63, 3.8) is 0 Å². The van der Waals surface area contributed by atoms with Crippen LogP contribution in [0.1, 0.15) is 26.6 Å². The highest BCUT2D eigenvalue weighted by Crippen LogP contribution is 2.23. The number of aryl methyl sites for hydroxylation is 2. The molecule has 0 unspecified atom stereocenters. The molecule has 0 bridgehead atoms. The Hall–Kier alpha value is -1.56. The Morgan fingerprint density at radius 3 is 2.57 bits per heavy atom. The zero-order valence-electron chi connectivity index (χ0n) is 12.9. The molecule has 0 aliphatic rings. The summed E-state index contributed by atoms with van der Waals surface area (Å²) < 4.78 is 2.05. The molecule has 1 aromatic carbocycles. The molecule has 1 amide bonds. The summed E-state index contributed by atoms with van der Waals surface area (Å²) in [7, 11) is 1.76. The van der Waals surface area contributed by atoms with Crippen LogP contribution < -0.4 is 0 Å². The summed E-state index contributed by atoms with van der Waals surface area (Å²) in [5.74, 6) is -0.129. The van der Waals surface area contributed by atoms with Gasteiger partial charge in [-0.05, 0) is 32.0 Å². The number of carbonyl (C=O) groups excluding carboxylic acids is 1. The maximum atomic E-state index is 12.6. The Morgan fingerprint density at radius 2 is 1.91 bits per heavy atom. The molecule has 2 aromatic heterocycles. The average Bonchev–Trinajstić information content (AvgIpc) is 2.94. The van der Waals surface area contributed by atoms with Crippen LogP contribution in [0.4, 0.5) is 0 Å². The normalized spacial score (nSPS) is 11.2. The highest BCUT2D eigenvalue weighted by atomic mass is 35.5. The molecule has 0 spiro atoms. The molecule has 0 saturated carbocycles. The van der Waals surface area contributed by atoms with Crippen LogP contribution in [0.5, 0.6) is 0 Å². The summed E-state index contributed by atoms with van der Waals surface area (Å²) in [6.45, 7) is 4.46. The quantitative estimate of drug-likeness (QED) is 0.678. The number of carbonyl (C=O) groups is 1. The van der Waals surface area contributed by atoms with E-state index in [1.807, 2.05) is 24.4 Å². The van der Waals surface area contributed by atoms with Gasteiger partial charge in [-0.25, -0.2) is 4.98 Å². The molecule has 120 valence electrons. The summed E-state index contributed by atoms with van der Waals surface area (Å²) in [4.78, 5) is 20.9. The van der Waals surface area contributed by atoms with Crippen molar-refractivity contribution in [2.75, 3.05) is 7.05 Å². The maximum absolute atomic E-state index is 12.6. The summed E-state index contributed by atoms with van der Waals surface area (Å²) in [6, 6.07) is 4.86. The molecule has 0 aliphatic carbocycles. The van der Waals surface area contributed by atoms with Gasteiger partial charge in [0, 0.05) is 33.7 Å². The lowest BCUT2D eigenvalue weighted by atomic mass is 10.2. The van der Waals surface area contributed by atoms with Gasteiger partial charge in [0.05, 0.1) is 17.9 Å². The average molecular weight is 368 g/mol. The number of nitrogens with zero attached hydrogens (tertiary/aromatic N) is 3. The number of fused-ring (bicyclic) bond motifs is 1. The predicted molar refractivity (Wildman–Crippen MR) is 94.8 cm³/mol. The lowest BCUT2D eigenvalue weighted by molar-refractivity contribution is 0.0783. The van der Waals surface area contributed by atoms with E-state index in [0.29, 0.717) is 22.2 Å². The second-order valence-electron chi connectivity index (χ2n) is 5.46. The fraction of sp³-hybridized carbons (Fsp3) is 0.250. The highest BCUT2D eigenvalue weighted by Gasteiger charge is 2.18. The molecule has 0 radical (unpaired) electrons. The molecule has 0 atom stereocenters. The van der Waals surface area contributed by atoms with Crippen LogP contribution in [-0.2, 0) is 6.54 Å². The Labute approximate surface area is 148 Å². The number of imidazole rings is 1. The van der Waals surface area contributed by atoms with E-state index in [4.69, 9.17) is 23.2 Å². The second kappa shape index (κ2) is 6.15. The third-order valence-corrected chi connectivity index (χ3v) is 4.92. The van der Waals surface area contributed by atoms with Crippen LogP contribution in [0.2, 0.25) is 10.0 Å². The van der Waals surface area contributed by atoms with Gasteiger partial charge in [0.25, 0.3) is 5.91 Å². The van der Waals surface area contributed by atoms with Crippen molar-refractivity contribution in [3.05, 3.63) is 56.3 Å². The Morgan fingerprint density at radius 1 is 1.26 bits per heavy atom. The minimum atomic E-state index is -0.129. The zero-order valence-corrected chi connectivity index (χ0v) is 15.3. The van der Waals surface area contributed by atoms with Crippen molar-refractivity contribution >= 4 is 45.4 Å². The molecule has 0 saturated heterocycles. The van der Waals surface area contributed by atoms with Crippen LogP contribution in [0.15, 0.2) is 24.4 Å². The number of hydrogen-bond donors (Lipinski definition) is 0. The van der Waals surface area contributed by atoms with E-state index in [9.17, 15) is 4.79 Å². The van der Waals surface area contributed by atoms with Gasteiger partial charge in [-0.15, -0.1) is 11.3 Å². The van der Waals surface area contributed by atoms with Crippen molar-refractivity contribution in [2.24, 2.45) is 0 Å². The number of halogens is 2. The van der Waals surface area contributed by atoms with Gasteiger partial charge in [-0.2, -0.15) is 0 Å². The van der Waals surface area contributed by atoms with E-state index in [-0.39, 0.29) is 5.91 Å². The zero-order chi connectivity index (χ0) is 16.7. The van der Waals surface area contributed by atoms with Crippen molar-refractivity contribution in [2.45, 2.75) is 20.4 Å². The lowest BCUT2D eigenvalue weighted by Crippen LogP contribution is -2.27. The summed E-state index contributed by atoms with van der Waals surface area (Å²) >= 11 is 13.6. The molecule has 4 nitrogen and oxygen atoms in total. The smallest absolute Gasteiger partial charge is 0.254 e. The molecule has 23 heavy (non-hydrogen) atoms. The Bertz CT molecular complexity index is 880. The SMILES string of the molecule is Cc1cn2c(CN(C)C(=O)c3cc(Cl)cc(Cl)c3)c(C)nc2s1. The van der Waals surface area contributed by atoms with Gasteiger partial charge < -0.3 is 4.90 Å². The van der Waals surface area contributed by atoms with Crippen molar-refractivity contribution in [1.82, 2.24) is 14.3 Å². The Kier molecular flexibility index (Phi) is 4.36. The van der Waals surface area contributed by atoms with Crippen LogP contribution >= 0.6 is 34.5 Å². The molecule has 0 fully saturated rings. The van der Waals surface area contributed by atoms with Crippen molar-refractivity contribution < 1.29 is 4.79 Å². The number of hydrogen-bond acceptors (Lipinski definition) is 3. The number of amides is 1. The van der Waals surface area contributed by atoms with E-state index in [1.165, 1.54) is 4.88 Å². The first kappa shape index (κ1) is 16.3. The summed E-state index contributed by atoms with van der Waals surface area (Å²) in [5, 5.41) is 0.899. The van der Waals surface area contributed by atoms with Crippen molar-refractivity contribution in [1.29, 1.82) is 0 Å². The largest absolute Gasteiger partial charge is 0.336 e. The molecule has 0 aliphatic heterocycles. The number of aromatic nitrogens is 2. The molecule has 2 heterocycles. The van der Waals surface area contributed by atoms with Crippen molar-refractivity contribution in [3.8, 4) is 0 Å². The first-order valence-electron chi connectivity index (χ1n) is 7.00. The van der Waals surface area contributed by atoms with Crippen LogP contribution in [0.3, 0.4) is 0 Å². The van der Waals surface area contributed by atoms with Gasteiger partial charge >= 0.3 is 0 Å². The van der Waals surface area contributed by atoms with Gasteiger partial charge in [0.1, 0.15) is 0 Å². The third-order valence-electron chi connectivity index (χ3n) is 3.58. The van der Waals surface area contributed by atoms with Crippen LogP contribution in [0.25, 0.3) is 4.96 Å². The van der Waals surface area contributed by atoms with E-state index in [0.717, 1.165) is 16.3 Å². The first-order chi connectivity index (χ1) is 10.8. The fourth-order valence-electron chi connectivity index (χ4n) is 2.49. The fourth-order valence-corrected chi connectivity index (χ4v) is 3.91. The maximum Gasteiger partial charge on any atom is 0.254 e. The minimum Gasteiger partial charge on any atom is -0.336 e. The van der Waals surface area contributed by atoms with Gasteiger partial charge in [-0.3, -0.25) is 9.20 Å². The van der Waals surface area contributed by atoms with Crippen LogP contribution in [-0.4, -0.2) is 27.2 Å². The number of benzene rings is 1. The van der Waals surface area contributed by atoms with E-state index in [2.05, 4.69) is 4.98 Å². The molecule has 3 aromatic rings. The summed E-state index contributed by atoms with van der Waals surface area (Å²) in [6.07, 6.45) is 2.05. The number of thiazole rings is 1. The molecular weight excluding hydrogens is 353 g/mol. The standard InChI is InChI=1S/C16H15Cl2N3OS/c1-9-7-21-14(10(2)19-16(21)23-9)8-20(3)15(22)11-4-12(17)6-13(18)5-11/h4-7H,8H2,1-3H3. The van der Waals surface area contributed by atoms with E-state index < -0.39 is 0 Å². The van der Waals surface area contributed by atoms with Gasteiger partial charge in [0.15, 0.2) is 4.96 Å². The molecular formula is C16H15Cl2N3OS. The second-order valence-corrected chi connectivity index (χ2v) is 7.54. The predicted octanol–water partition coefficient (Wildman–Crippen LogP) is 4.59. The molecule has 7 heteroatoms. The van der Waals surface area contributed by atoms with E-state index in [1.54, 1.807) is 41.5 Å². The highest BCUT2D eigenvalue weighted by molar-refractivity contribution is 7.17. The lowest BCUT2D eigenvalue weighted by Gasteiger charge is -2.17.